The third kappa shape index (κ3) is 2.38. The molecule has 1 aromatic carbocycles. The highest BCUT2D eigenvalue weighted by Crippen LogP contribution is 2.28. The van der Waals surface area contributed by atoms with Gasteiger partial charge in [0.2, 0.25) is 0 Å². The number of nitrogens with one attached hydrogen (secondary N) is 1. The second-order valence-electron chi connectivity index (χ2n) is 5.65. The van der Waals surface area contributed by atoms with Crippen molar-refractivity contribution in [3.63, 3.8) is 0 Å². The lowest BCUT2D eigenvalue weighted by molar-refractivity contribution is -0.141. The summed E-state index contributed by atoms with van der Waals surface area (Å²) < 4.78 is 0. The molecule has 2 heterocycles. The van der Waals surface area contributed by atoms with Crippen LogP contribution in [0.4, 0.5) is 0 Å². The van der Waals surface area contributed by atoms with Crippen molar-refractivity contribution in [2.75, 3.05) is 26.2 Å². The number of benzene rings is 1. The van der Waals surface area contributed by atoms with E-state index in [9.17, 15) is 4.79 Å². The van der Waals surface area contributed by atoms with E-state index in [1.807, 2.05) is 0 Å². The van der Waals surface area contributed by atoms with Gasteiger partial charge < -0.3 is 10.4 Å². The van der Waals surface area contributed by atoms with Crippen molar-refractivity contribution in [2.24, 2.45) is 0 Å². The number of carboxylic acids is 1. The Morgan fingerprint density at radius 3 is 2.21 bits per heavy atom. The highest BCUT2D eigenvalue weighted by Gasteiger charge is 2.44. The van der Waals surface area contributed by atoms with Crippen LogP contribution in [0, 0.1) is 0 Å². The number of fused-ring (bicyclic) bond motifs is 1. The van der Waals surface area contributed by atoms with Crippen LogP contribution in [0.15, 0.2) is 24.3 Å². The quantitative estimate of drug-likeness (QED) is 0.848. The summed E-state index contributed by atoms with van der Waals surface area (Å²) in [6, 6.07) is 8.57. The van der Waals surface area contributed by atoms with Gasteiger partial charge in [0.1, 0.15) is 0 Å². The molecule has 0 atom stereocenters. The number of nitrogens with zero attached hydrogens (tertiary/aromatic N) is 1. The largest absolute Gasteiger partial charge is 0.481 e. The molecule has 1 aromatic rings. The summed E-state index contributed by atoms with van der Waals surface area (Å²) in [4.78, 5) is 13.5. The topological polar surface area (TPSA) is 52.6 Å². The van der Waals surface area contributed by atoms with Crippen molar-refractivity contribution >= 4 is 5.97 Å². The molecule has 3 rings (SSSR count). The van der Waals surface area contributed by atoms with Crippen LogP contribution in [-0.2, 0) is 17.6 Å². The number of carbonyl (C=O) groups is 1. The fourth-order valence-corrected chi connectivity index (χ4v) is 3.30. The van der Waals surface area contributed by atoms with Crippen molar-refractivity contribution in [1.82, 2.24) is 10.2 Å². The Kier molecular flexibility index (Phi) is 3.29. The monoisotopic (exact) mass is 260 g/mol. The molecule has 0 unspecified atom stereocenters. The zero-order chi connectivity index (χ0) is 13.3. The number of carboxylic acid groups (broad SMARTS) is 1. The minimum absolute atomic E-state index is 0.159. The minimum atomic E-state index is -0.691. The summed E-state index contributed by atoms with van der Waals surface area (Å²) >= 11 is 0. The average Bonchev–Trinajstić information content (AvgIpc) is 2.56. The standard InChI is InChI=1S/C15H20N2O2/c18-14(19)9-15(10-16-11-15)17-7-5-12-3-1-2-4-13(12)6-8-17/h1-4,16H,5-11H2,(H,18,19). The maximum atomic E-state index is 11.1. The van der Waals surface area contributed by atoms with Gasteiger partial charge in [0.15, 0.2) is 0 Å². The van der Waals surface area contributed by atoms with Crippen LogP contribution in [0.1, 0.15) is 17.5 Å². The van der Waals surface area contributed by atoms with E-state index >= 15 is 0 Å². The Bertz CT molecular complexity index is 456. The summed E-state index contributed by atoms with van der Waals surface area (Å²) in [5.41, 5.74) is 2.68. The fraction of sp³-hybridized carbons (Fsp3) is 0.533. The predicted octanol–water partition coefficient (Wildman–Crippen LogP) is 0.904. The molecular weight excluding hydrogens is 240 g/mol. The molecule has 4 nitrogen and oxygen atoms in total. The lowest BCUT2D eigenvalue weighted by Crippen LogP contribution is -2.70. The zero-order valence-electron chi connectivity index (χ0n) is 11.1. The second-order valence-corrected chi connectivity index (χ2v) is 5.65. The molecule has 0 aliphatic carbocycles. The summed E-state index contributed by atoms with van der Waals surface area (Å²) in [5, 5.41) is 12.4. The van der Waals surface area contributed by atoms with Crippen LogP contribution in [0.3, 0.4) is 0 Å². The third-order valence-corrected chi connectivity index (χ3v) is 4.48. The van der Waals surface area contributed by atoms with E-state index in [-0.39, 0.29) is 12.0 Å². The van der Waals surface area contributed by atoms with Crippen molar-refractivity contribution in [3.8, 4) is 0 Å². The summed E-state index contributed by atoms with van der Waals surface area (Å²) in [7, 11) is 0. The fourth-order valence-electron chi connectivity index (χ4n) is 3.30. The van der Waals surface area contributed by atoms with Gasteiger partial charge >= 0.3 is 5.97 Å². The van der Waals surface area contributed by atoms with E-state index in [4.69, 9.17) is 5.11 Å². The number of hydrogen-bond donors (Lipinski definition) is 2. The summed E-state index contributed by atoms with van der Waals surface area (Å²) in [6.07, 6.45) is 2.30. The van der Waals surface area contributed by atoms with Gasteiger partial charge in [-0.2, -0.15) is 0 Å². The molecule has 19 heavy (non-hydrogen) atoms. The molecule has 2 aliphatic rings. The molecule has 0 saturated carbocycles. The van der Waals surface area contributed by atoms with E-state index in [0.717, 1.165) is 39.0 Å². The third-order valence-electron chi connectivity index (χ3n) is 4.48. The van der Waals surface area contributed by atoms with Gasteiger partial charge in [0.25, 0.3) is 0 Å². The molecule has 0 bridgehead atoms. The molecule has 1 saturated heterocycles. The molecular formula is C15H20N2O2. The Labute approximate surface area is 113 Å². The molecule has 4 heteroatoms. The van der Waals surface area contributed by atoms with E-state index in [0.29, 0.717) is 0 Å². The lowest BCUT2D eigenvalue weighted by Gasteiger charge is -2.50. The first kappa shape index (κ1) is 12.6. The van der Waals surface area contributed by atoms with Gasteiger partial charge in [-0.1, -0.05) is 24.3 Å². The highest BCUT2D eigenvalue weighted by molar-refractivity contribution is 5.69. The van der Waals surface area contributed by atoms with Gasteiger partial charge in [-0.25, -0.2) is 0 Å². The molecule has 102 valence electrons. The number of hydrogen-bond acceptors (Lipinski definition) is 3. The maximum Gasteiger partial charge on any atom is 0.305 e. The Hall–Kier alpha value is -1.39. The molecule has 0 aromatic heterocycles. The van der Waals surface area contributed by atoms with Crippen molar-refractivity contribution in [3.05, 3.63) is 35.4 Å². The number of rotatable bonds is 3. The normalized spacial score (nSPS) is 22.1. The number of aliphatic carboxylic acids is 1. The van der Waals surface area contributed by atoms with E-state index in [1.165, 1.54) is 11.1 Å². The first-order valence-electron chi connectivity index (χ1n) is 6.94. The SMILES string of the molecule is O=C(O)CC1(N2CCc3ccccc3CC2)CNC1. The van der Waals surface area contributed by atoms with Crippen molar-refractivity contribution in [1.29, 1.82) is 0 Å². The summed E-state index contributed by atoms with van der Waals surface area (Å²) in [5.74, 6) is -0.691. The first-order chi connectivity index (χ1) is 9.20. The molecule has 0 amide bonds. The Morgan fingerprint density at radius 2 is 1.79 bits per heavy atom. The van der Waals surface area contributed by atoms with Crippen molar-refractivity contribution in [2.45, 2.75) is 24.8 Å². The van der Waals surface area contributed by atoms with Gasteiger partial charge in [0.05, 0.1) is 12.0 Å². The van der Waals surface area contributed by atoms with Crippen molar-refractivity contribution < 1.29 is 9.90 Å². The first-order valence-corrected chi connectivity index (χ1v) is 6.94. The lowest BCUT2D eigenvalue weighted by atomic mass is 9.86. The van der Waals surface area contributed by atoms with Gasteiger partial charge in [-0.3, -0.25) is 9.69 Å². The highest BCUT2D eigenvalue weighted by atomic mass is 16.4. The van der Waals surface area contributed by atoms with Crippen LogP contribution in [-0.4, -0.2) is 47.7 Å². The van der Waals surface area contributed by atoms with Gasteiger partial charge in [0, 0.05) is 26.2 Å². The predicted molar refractivity (Wildman–Crippen MR) is 73.3 cm³/mol. The smallest absolute Gasteiger partial charge is 0.305 e. The molecule has 0 radical (unpaired) electrons. The van der Waals surface area contributed by atoms with Gasteiger partial charge in [-0.15, -0.1) is 0 Å². The van der Waals surface area contributed by atoms with Crippen LogP contribution in [0.2, 0.25) is 0 Å². The zero-order valence-corrected chi connectivity index (χ0v) is 11.1. The maximum absolute atomic E-state index is 11.1. The van der Waals surface area contributed by atoms with Crippen LogP contribution in [0.25, 0.3) is 0 Å². The van der Waals surface area contributed by atoms with Crippen LogP contribution < -0.4 is 5.32 Å². The summed E-state index contributed by atoms with van der Waals surface area (Å²) in [6.45, 7) is 3.53. The Morgan fingerprint density at radius 1 is 1.21 bits per heavy atom. The van der Waals surface area contributed by atoms with E-state index in [1.54, 1.807) is 0 Å². The van der Waals surface area contributed by atoms with E-state index in [2.05, 4.69) is 34.5 Å². The van der Waals surface area contributed by atoms with Gasteiger partial charge in [-0.05, 0) is 24.0 Å². The molecule has 1 fully saturated rings. The molecule has 2 N–H and O–H groups in total. The van der Waals surface area contributed by atoms with Crippen LogP contribution in [0.5, 0.6) is 0 Å². The minimum Gasteiger partial charge on any atom is -0.481 e. The van der Waals surface area contributed by atoms with E-state index < -0.39 is 5.97 Å². The second kappa shape index (κ2) is 4.94. The Balaban J connectivity index is 1.76. The molecule has 0 spiro atoms. The average molecular weight is 260 g/mol. The molecule has 2 aliphatic heterocycles. The van der Waals surface area contributed by atoms with Crippen LogP contribution >= 0.6 is 0 Å².